The molecule has 1 amide bonds. The second-order valence-corrected chi connectivity index (χ2v) is 2.50. The van der Waals surface area contributed by atoms with Crippen LogP contribution < -0.4 is 0 Å². The van der Waals surface area contributed by atoms with Gasteiger partial charge in [0.05, 0.1) is 6.10 Å². The summed E-state index contributed by atoms with van der Waals surface area (Å²) in [6.07, 6.45) is -0.0269. The highest BCUT2D eigenvalue weighted by atomic mass is 35.5. The van der Waals surface area contributed by atoms with Crippen molar-refractivity contribution in [2.45, 2.75) is 18.9 Å². The molecule has 2 N–H and O–H groups in total. The Hall–Kier alpha value is -0.480. The Bertz CT molecular complexity index is 134. The summed E-state index contributed by atoms with van der Waals surface area (Å²) in [5.74, 6) is 0. The molecule has 0 saturated carbocycles. The highest BCUT2D eigenvalue weighted by Gasteiger charge is 2.19. The molecule has 0 aromatic carbocycles. The zero-order valence-corrected chi connectivity index (χ0v) is 6.88. The molecule has 66 valence electrons. The molecular weight excluding hydrogens is 170 g/mol. The van der Waals surface area contributed by atoms with Crippen molar-refractivity contribution >= 4 is 18.5 Å². The van der Waals surface area contributed by atoms with Crippen LogP contribution in [-0.4, -0.2) is 40.4 Å². The number of nitrogens with zero attached hydrogens (tertiary/aromatic N) is 1. The van der Waals surface area contributed by atoms with Crippen LogP contribution in [0, 0.1) is 0 Å². The predicted molar refractivity (Wildman–Crippen MR) is 42.1 cm³/mol. The lowest BCUT2D eigenvalue weighted by Gasteiger charge is -2.26. The lowest BCUT2D eigenvalue weighted by atomic mass is 10.1. The molecule has 1 aliphatic heterocycles. The van der Waals surface area contributed by atoms with Crippen LogP contribution in [-0.2, 0) is 0 Å². The number of carboxylic acid groups (broad SMARTS) is 1. The summed E-state index contributed by atoms with van der Waals surface area (Å²) in [5, 5.41) is 17.5. The fraction of sp³-hybridized carbons (Fsp3) is 0.833. The maximum atomic E-state index is 10.3. The van der Waals surface area contributed by atoms with Gasteiger partial charge in [0.2, 0.25) is 0 Å². The van der Waals surface area contributed by atoms with Crippen LogP contribution in [0.15, 0.2) is 0 Å². The summed E-state index contributed by atoms with van der Waals surface area (Å²) in [6, 6.07) is 0. The number of hydrogen-bond donors (Lipinski definition) is 2. The molecule has 0 radical (unpaired) electrons. The van der Waals surface area contributed by atoms with E-state index in [1.807, 2.05) is 0 Å². The van der Waals surface area contributed by atoms with Gasteiger partial charge in [0, 0.05) is 13.1 Å². The Kier molecular flexibility index (Phi) is 4.22. The van der Waals surface area contributed by atoms with Crippen LogP contribution in [0.4, 0.5) is 4.79 Å². The van der Waals surface area contributed by atoms with E-state index < -0.39 is 6.09 Å². The molecule has 11 heavy (non-hydrogen) atoms. The topological polar surface area (TPSA) is 60.8 Å². The molecule has 5 heteroatoms. The van der Waals surface area contributed by atoms with E-state index in [9.17, 15) is 4.79 Å². The molecular formula is C6H12ClNO3. The Labute approximate surface area is 71.2 Å². The summed E-state index contributed by atoms with van der Waals surface area (Å²) < 4.78 is 0. The number of aliphatic hydroxyl groups is 1. The molecule has 1 fully saturated rings. The maximum absolute atomic E-state index is 10.3. The van der Waals surface area contributed by atoms with Gasteiger partial charge >= 0.3 is 6.09 Å². The van der Waals surface area contributed by atoms with Gasteiger partial charge in [-0.15, -0.1) is 12.4 Å². The number of piperidine rings is 1. The standard InChI is InChI=1S/C6H11NO3.ClH/c8-5-1-3-7(4-2-5)6(9)10;/h5,8H,1-4H2,(H,9,10);1H. The van der Waals surface area contributed by atoms with E-state index in [0.717, 1.165) is 0 Å². The lowest BCUT2D eigenvalue weighted by molar-refractivity contribution is 0.0769. The molecule has 0 unspecified atom stereocenters. The quantitative estimate of drug-likeness (QED) is 0.574. The number of hydrogen-bond acceptors (Lipinski definition) is 2. The zero-order chi connectivity index (χ0) is 7.56. The highest BCUT2D eigenvalue weighted by Crippen LogP contribution is 2.08. The molecule has 0 aliphatic carbocycles. The van der Waals surface area contributed by atoms with Crippen LogP contribution >= 0.6 is 12.4 Å². The van der Waals surface area contributed by atoms with Crippen molar-refractivity contribution in [1.82, 2.24) is 4.90 Å². The van der Waals surface area contributed by atoms with Crippen molar-refractivity contribution in [2.24, 2.45) is 0 Å². The van der Waals surface area contributed by atoms with Crippen molar-refractivity contribution in [1.29, 1.82) is 0 Å². The van der Waals surface area contributed by atoms with Crippen LogP contribution in [0.25, 0.3) is 0 Å². The predicted octanol–water partition coefficient (Wildman–Crippen LogP) is 0.543. The smallest absolute Gasteiger partial charge is 0.407 e. The molecule has 0 spiro atoms. The Morgan fingerprint density at radius 2 is 1.82 bits per heavy atom. The first kappa shape index (κ1) is 10.5. The molecule has 1 saturated heterocycles. The minimum Gasteiger partial charge on any atom is -0.465 e. The van der Waals surface area contributed by atoms with Gasteiger partial charge in [-0.1, -0.05) is 0 Å². The fourth-order valence-electron chi connectivity index (χ4n) is 1.06. The van der Waals surface area contributed by atoms with Crippen LogP contribution in [0.3, 0.4) is 0 Å². The molecule has 0 aromatic heterocycles. The first-order chi connectivity index (χ1) is 4.70. The number of carbonyl (C=O) groups is 1. The summed E-state index contributed by atoms with van der Waals surface area (Å²) in [6.45, 7) is 0.938. The minimum atomic E-state index is -0.883. The maximum Gasteiger partial charge on any atom is 0.407 e. The number of rotatable bonds is 0. The van der Waals surface area contributed by atoms with Crippen LogP contribution in [0.5, 0.6) is 0 Å². The van der Waals surface area contributed by atoms with Crippen LogP contribution in [0.1, 0.15) is 12.8 Å². The molecule has 1 rings (SSSR count). The van der Waals surface area contributed by atoms with Crippen molar-refractivity contribution in [2.75, 3.05) is 13.1 Å². The SMILES string of the molecule is Cl.O=C(O)N1CCC(O)CC1. The van der Waals surface area contributed by atoms with Crippen molar-refractivity contribution in [3.63, 3.8) is 0 Å². The van der Waals surface area contributed by atoms with E-state index in [2.05, 4.69) is 0 Å². The molecule has 1 heterocycles. The van der Waals surface area contributed by atoms with Gasteiger partial charge in [-0.2, -0.15) is 0 Å². The minimum absolute atomic E-state index is 0. The molecule has 0 bridgehead atoms. The summed E-state index contributed by atoms with van der Waals surface area (Å²) >= 11 is 0. The summed E-state index contributed by atoms with van der Waals surface area (Å²) in [7, 11) is 0. The van der Waals surface area contributed by atoms with Crippen LogP contribution in [0.2, 0.25) is 0 Å². The summed E-state index contributed by atoms with van der Waals surface area (Å²) in [5.41, 5.74) is 0. The Morgan fingerprint density at radius 1 is 1.36 bits per heavy atom. The van der Waals surface area contributed by atoms with E-state index >= 15 is 0 Å². The van der Waals surface area contributed by atoms with Gasteiger partial charge in [0.1, 0.15) is 0 Å². The zero-order valence-electron chi connectivity index (χ0n) is 6.06. The van der Waals surface area contributed by atoms with Gasteiger partial charge < -0.3 is 15.1 Å². The second kappa shape index (κ2) is 4.41. The Morgan fingerprint density at radius 3 is 2.18 bits per heavy atom. The monoisotopic (exact) mass is 181 g/mol. The third-order valence-electron chi connectivity index (χ3n) is 1.74. The van der Waals surface area contributed by atoms with Crippen molar-refractivity contribution < 1.29 is 15.0 Å². The van der Waals surface area contributed by atoms with Crippen molar-refractivity contribution in [3.05, 3.63) is 0 Å². The third kappa shape index (κ3) is 2.95. The first-order valence-corrected chi connectivity index (χ1v) is 3.36. The number of amides is 1. The fourth-order valence-corrected chi connectivity index (χ4v) is 1.06. The van der Waals surface area contributed by atoms with E-state index in [0.29, 0.717) is 25.9 Å². The highest BCUT2D eigenvalue weighted by molar-refractivity contribution is 5.85. The summed E-state index contributed by atoms with van der Waals surface area (Å²) in [4.78, 5) is 11.6. The van der Waals surface area contributed by atoms with E-state index in [-0.39, 0.29) is 18.5 Å². The van der Waals surface area contributed by atoms with Gasteiger partial charge in [-0.25, -0.2) is 4.79 Å². The van der Waals surface area contributed by atoms with Crippen molar-refractivity contribution in [3.8, 4) is 0 Å². The van der Waals surface area contributed by atoms with Gasteiger partial charge in [-0.3, -0.25) is 0 Å². The van der Waals surface area contributed by atoms with Gasteiger partial charge in [0.15, 0.2) is 0 Å². The largest absolute Gasteiger partial charge is 0.465 e. The first-order valence-electron chi connectivity index (χ1n) is 3.36. The number of halogens is 1. The normalized spacial score (nSPS) is 19.2. The van der Waals surface area contributed by atoms with E-state index in [1.165, 1.54) is 4.90 Å². The third-order valence-corrected chi connectivity index (χ3v) is 1.74. The van der Waals surface area contributed by atoms with E-state index in [1.54, 1.807) is 0 Å². The number of likely N-dealkylation sites (tertiary alicyclic amines) is 1. The molecule has 0 atom stereocenters. The van der Waals surface area contributed by atoms with Gasteiger partial charge in [-0.05, 0) is 12.8 Å². The molecule has 0 aromatic rings. The van der Waals surface area contributed by atoms with Gasteiger partial charge in [0.25, 0.3) is 0 Å². The lowest BCUT2D eigenvalue weighted by Crippen LogP contribution is -2.39. The molecule has 1 aliphatic rings. The number of aliphatic hydroxyl groups excluding tert-OH is 1. The Balaban J connectivity index is 0.000001000. The van der Waals surface area contributed by atoms with E-state index in [4.69, 9.17) is 10.2 Å². The average Bonchev–Trinajstić information content (AvgIpc) is 1.88. The molecule has 4 nitrogen and oxygen atoms in total. The second-order valence-electron chi connectivity index (χ2n) is 2.50. The average molecular weight is 182 g/mol.